The number of rotatable bonds is 5. The number of benzene rings is 1. The maximum Gasteiger partial charge on any atom is 0.165 e. The molecule has 1 aliphatic heterocycles. The summed E-state index contributed by atoms with van der Waals surface area (Å²) in [5.41, 5.74) is 0.508. The molecule has 0 aliphatic carbocycles. The van der Waals surface area contributed by atoms with Crippen molar-refractivity contribution >= 4 is 0 Å². The van der Waals surface area contributed by atoms with Crippen molar-refractivity contribution in [3.05, 3.63) is 29.6 Å². The van der Waals surface area contributed by atoms with Crippen molar-refractivity contribution in [3.8, 4) is 5.75 Å². The van der Waals surface area contributed by atoms with E-state index in [9.17, 15) is 4.39 Å². The number of halogens is 1. The molecule has 1 N–H and O–H groups in total. The minimum absolute atomic E-state index is 0.192. The third-order valence-electron chi connectivity index (χ3n) is 3.32. The quantitative estimate of drug-likeness (QED) is 0.873. The molecule has 18 heavy (non-hydrogen) atoms. The van der Waals surface area contributed by atoms with Gasteiger partial charge < -0.3 is 9.84 Å². The van der Waals surface area contributed by atoms with Crippen molar-refractivity contribution in [1.82, 2.24) is 4.90 Å². The summed E-state index contributed by atoms with van der Waals surface area (Å²) in [4.78, 5) is 2.34. The van der Waals surface area contributed by atoms with Crippen LogP contribution in [0.1, 0.15) is 24.8 Å². The van der Waals surface area contributed by atoms with Gasteiger partial charge in [-0.25, -0.2) is 4.39 Å². The molecule has 4 heteroatoms. The maximum atomic E-state index is 13.6. The molecule has 100 valence electrons. The number of hydrogen-bond acceptors (Lipinski definition) is 3. The van der Waals surface area contributed by atoms with Crippen molar-refractivity contribution in [2.45, 2.75) is 25.9 Å². The monoisotopic (exact) mass is 253 g/mol. The van der Waals surface area contributed by atoms with Gasteiger partial charge in [-0.3, -0.25) is 4.90 Å². The Balaban J connectivity index is 1.85. The summed E-state index contributed by atoms with van der Waals surface area (Å²) in [6.45, 7) is 3.30. The Labute approximate surface area is 107 Å². The molecule has 1 aliphatic rings. The van der Waals surface area contributed by atoms with Gasteiger partial charge in [0.1, 0.15) is 6.61 Å². The lowest BCUT2D eigenvalue weighted by atomic mass is 10.1. The van der Waals surface area contributed by atoms with Crippen LogP contribution in [-0.2, 0) is 6.61 Å². The molecule has 1 heterocycles. The van der Waals surface area contributed by atoms with Gasteiger partial charge in [-0.05, 0) is 32.0 Å². The van der Waals surface area contributed by atoms with Gasteiger partial charge in [-0.15, -0.1) is 0 Å². The Morgan fingerprint density at radius 2 is 2.00 bits per heavy atom. The van der Waals surface area contributed by atoms with Crippen LogP contribution in [-0.4, -0.2) is 36.2 Å². The number of nitrogens with zero attached hydrogens (tertiary/aromatic N) is 1. The molecule has 0 aromatic heterocycles. The van der Waals surface area contributed by atoms with Gasteiger partial charge in [-0.1, -0.05) is 18.6 Å². The van der Waals surface area contributed by atoms with Gasteiger partial charge in [0.15, 0.2) is 11.6 Å². The fourth-order valence-corrected chi connectivity index (χ4v) is 2.30. The lowest BCUT2D eigenvalue weighted by molar-refractivity contribution is 0.177. The van der Waals surface area contributed by atoms with E-state index in [2.05, 4.69) is 4.90 Å². The summed E-state index contributed by atoms with van der Waals surface area (Å²) in [7, 11) is 0. The van der Waals surface area contributed by atoms with E-state index >= 15 is 0 Å². The topological polar surface area (TPSA) is 32.7 Å². The third-order valence-corrected chi connectivity index (χ3v) is 3.32. The normalized spacial score (nSPS) is 16.8. The van der Waals surface area contributed by atoms with E-state index in [0.29, 0.717) is 12.2 Å². The van der Waals surface area contributed by atoms with E-state index < -0.39 is 5.82 Å². The van der Waals surface area contributed by atoms with Gasteiger partial charge in [0, 0.05) is 12.1 Å². The lowest BCUT2D eigenvalue weighted by Gasteiger charge is -2.26. The summed E-state index contributed by atoms with van der Waals surface area (Å²) >= 11 is 0. The molecule has 0 unspecified atom stereocenters. The van der Waals surface area contributed by atoms with Crippen LogP contribution in [0.3, 0.4) is 0 Å². The largest absolute Gasteiger partial charge is 0.489 e. The Morgan fingerprint density at radius 1 is 1.22 bits per heavy atom. The second-order valence-electron chi connectivity index (χ2n) is 4.64. The van der Waals surface area contributed by atoms with Crippen LogP contribution in [0, 0.1) is 5.82 Å². The van der Waals surface area contributed by atoms with E-state index in [4.69, 9.17) is 9.84 Å². The van der Waals surface area contributed by atoms with Crippen molar-refractivity contribution in [2.75, 3.05) is 26.2 Å². The highest BCUT2D eigenvalue weighted by atomic mass is 19.1. The minimum atomic E-state index is -0.403. The van der Waals surface area contributed by atoms with Crippen molar-refractivity contribution < 1.29 is 14.2 Å². The average Bonchev–Trinajstić information content (AvgIpc) is 2.41. The Kier molecular flexibility index (Phi) is 4.96. The van der Waals surface area contributed by atoms with Gasteiger partial charge >= 0.3 is 0 Å². The molecule has 0 saturated carbocycles. The summed E-state index contributed by atoms with van der Waals surface area (Å²) in [5, 5.41) is 9.13. The molecule has 0 spiro atoms. The molecule has 0 amide bonds. The first-order chi connectivity index (χ1) is 8.81. The molecule has 3 nitrogen and oxygen atoms in total. The Bertz CT molecular complexity index is 378. The summed E-state index contributed by atoms with van der Waals surface area (Å²) in [5.74, 6) is -0.211. The molecule has 2 rings (SSSR count). The van der Waals surface area contributed by atoms with E-state index in [0.717, 1.165) is 19.6 Å². The number of aliphatic hydroxyl groups is 1. The van der Waals surface area contributed by atoms with E-state index in [1.807, 2.05) is 0 Å². The summed E-state index contributed by atoms with van der Waals surface area (Å²) in [6.07, 6.45) is 3.78. The molecule has 0 bridgehead atoms. The molecule has 1 aromatic rings. The van der Waals surface area contributed by atoms with Crippen LogP contribution >= 0.6 is 0 Å². The highest BCUT2D eigenvalue weighted by molar-refractivity contribution is 5.34. The van der Waals surface area contributed by atoms with Crippen LogP contribution in [0.15, 0.2) is 18.2 Å². The van der Waals surface area contributed by atoms with Gasteiger partial charge in [0.25, 0.3) is 0 Å². The number of piperidine rings is 1. The first-order valence-electron chi connectivity index (χ1n) is 6.54. The standard InChI is InChI=1S/C14H20FNO2/c15-13-6-4-5-12(11-17)14(13)18-10-9-16-7-2-1-3-8-16/h4-6,17H,1-3,7-11H2. The van der Waals surface area contributed by atoms with E-state index in [1.54, 1.807) is 12.1 Å². The fraction of sp³-hybridized carbons (Fsp3) is 0.571. The smallest absolute Gasteiger partial charge is 0.165 e. The van der Waals surface area contributed by atoms with Gasteiger partial charge in [-0.2, -0.15) is 0 Å². The van der Waals surface area contributed by atoms with E-state index in [-0.39, 0.29) is 12.4 Å². The number of ether oxygens (including phenoxy) is 1. The minimum Gasteiger partial charge on any atom is -0.489 e. The highest BCUT2D eigenvalue weighted by Gasteiger charge is 2.12. The number of hydrogen-bond donors (Lipinski definition) is 1. The Morgan fingerprint density at radius 3 is 2.72 bits per heavy atom. The zero-order valence-electron chi connectivity index (χ0n) is 10.6. The average molecular weight is 253 g/mol. The second kappa shape index (κ2) is 6.71. The predicted molar refractivity (Wildman–Crippen MR) is 68.1 cm³/mol. The van der Waals surface area contributed by atoms with Crippen LogP contribution in [0.5, 0.6) is 5.75 Å². The molecular weight excluding hydrogens is 233 g/mol. The third kappa shape index (κ3) is 3.43. The first kappa shape index (κ1) is 13.3. The molecule has 1 saturated heterocycles. The van der Waals surface area contributed by atoms with Crippen molar-refractivity contribution in [3.63, 3.8) is 0 Å². The summed E-state index contributed by atoms with van der Waals surface area (Å²) in [6, 6.07) is 4.62. The number of para-hydroxylation sites is 1. The second-order valence-corrected chi connectivity index (χ2v) is 4.64. The van der Waals surface area contributed by atoms with Crippen LogP contribution in [0.4, 0.5) is 4.39 Å². The predicted octanol–water partition coefficient (Wildman–Crippen LogP) is 2.18. The van der Waals surface area contributed by atoms with Crippen LogP contribution in [0.25, 0.3) is 0 Å². The zero-order valence-corrected chi connectivity index (χ0v) is 10.6. The van der Waals surface area contributed by atoms with Crippen molar-refractivity contribution in [1.29, 1.82) is 0 Å². The number of likely N-dealkylation sites (tertiary alicyclic amines) is 1. The van der Waals surface area contributed by atoms with Crippen LogP contribution < -0.4 is 4.74 Å². The maximum absolute atomic E-state index is 13.6. The lowest BCUT2D eigenvalue weighted by Crippen LogP contribution is -2.33. The SMILES string of the molecule is OCc1cccc(F)c1OCCN1CCCCC1. The molecule has 1 fully saturated rings. The van der Waals surface area contributed by atoms with Gasteiger partial charge in [0.2, 0.25) is 0 Å². The zero-order chi connectivity index (χ0) is 12.8. The summed E-state index contributed by atoms with van der Waals surface area (Å²) < 4.78 is 19.0. The highest BCUT2D eigenvalue weighted by Crippen LogP contribution is 2.22. The van der Waals surface area contributed by atoms with Gasteiger partial charge in [0.05, 0.1) is 6.61 Å². The fourth-order valence-electron chi connectivity index (χ4n) is 2.30. The Hall–Kier alpha value is -1.13. The van der Waals surface area contributed by atoms with Crippen molar-refractivity contribution in [2.24, 2.45) is 0 Å². The molecule has 1 aromatic carbocycles. The first-order valence-corrected chi connectivity index (χ1v) is 6.54. The molecular formula is C14H20FNO2. The number of aliphatic hydroxyl groups excluding tert-OH is 1. The molecule has 0 radical (unpaired) electrons. The molecule has 0 atom stereocenters. The van der Waals surface area contributed by atoms with E-state index in [1.165, 1.54) is 25.3 Å². The van der Waals surface area contributed by atoms with Crippen LogP contribution in [0.2, 0.25) is 0 Å².